The van der Waals surface area contributed by atoms with E-state index in [1.165, 1.54) is 0 Å². The highest BCUT2D eigenvalue weighted by Crippen LogP contribution is 2.23. The molecule has 0 fully saturated rings. The second kappa shape index (κ2) is 7.98. The molecule has 0 heterocycles. The van der Waals surface area contributed by atoms with Gasteiger partial charge in [-0.1, -0.05) is 27.7 Å². The molecule has 0 aromatic heterocycles. The van der Waals surface area contributed by atoms with Crippen LogP contribution in [0.5, 0.6) is 0 Å². The predicted octanol–water partition coefficient (Wildman–Crippen LogP) is 2.40. The summed E-state index contributed by atoms with van der Waals surface area (Å²) in [6.07, 6.45) is 1.80. The van der Waals surface area contributed by atoms with E-state index in [1.54, 1.807) is 0 Å². The fraction of sp³-hybridized carbons (Fsp3) is 0.923. The zero-order chi connectivity index (χ0) is 13.5. The van der Waals surface area contributed by atoms with Crippen LogP contribution in [0, 0.1) is 5.92 Å². The molecule has 2 atom stereocenters. The minimum atomic E-state index is -0.570. The van der Waals surface area contributed by atoms with Gasteiger partial charge in [-0.05, 0) is 38.0 Å². The zero-order valence-electron chi connectivity index (χ0n) is 11.9. The third kappa shape index (κ3) is 6.94. The Morgan fingerprint density at radius 1 is 1.41 bits per heavy atom. The summed E-state index contributed by atoms with van der Waals surface area (Å²) in [6, 6.07) is 0. The normalized spacial score (nSPS) is 16.8. The standard InChI is InChI=1S/C13H28N2OS/c1-6-7-15-13(5,12(14)16)8-11(4)17-9-10(2)3/h10-11,15H,6-9H2,1-5H3,(H2,14,16). The van der Waals surface area contributed by atoms with E-state index >= 15 is 0 Å². The van der Waals surface area contributed by atoms with Crippen molar-refractivity contribution in [1.29, 1.82) is 0 Å². The van der Waals surface area contributed by atoms with Gasteiger partial charge in [-0.2, -0.15) is 11.8 Å². The molecule has 102 valence electrons. The third-order valence-electron chi connectivity index (χ3n) is 2.72. The maximum absolute atomic E-state index is 11.6. The number of primary amides is 1. The van der Waals surface area contributed by atoms with E-state index in [0.717, 1.165) is 25.1 Å². The van der Waals surface area contributed by atoms with Gasteiger partial charge in [-0.25, -0.2) is 0 Å². The molecule has 2 unspecified atom stereocenters. The monoisotopic (exact) mass is 260 g/mol. The van der Waals surface area contributed by atoms with E-state index in [9.17, 15) is 4.79 Å². The molecule has 4 heteroatoms. The second-order valence-corrected chi connectivity index (χ2v) is 6.84. The smallest absolute Gasteiger partial charge is 0.237 e. The number of nitrogens with one attached hydrogen (secondary N) is 1. The third-order valence-corrected chi connectivity index (χ3v) is 4.31. The van der Waals surface area contributed by atoms with Crippen molar-refractivity contribution in [2.45, 2.75) is 58.2 Å². The molecule has 0 aromatic carbocycles. The first-order valence-corrected chi connectivity index (χ1v) is 7.53. The van der Waals surface area contributed by atoms with E-state index < -0.39 is 5.54 Å². The van der Waals surface area contributed by atoms with Gasteiger partial charge in [0.15, 0.2) is 0 Å². The Morgan fingerprint density at radius 3 is 2.41 bits per heavy atom. The Balaban J connectivity index is 4.28. The largest absolute Gasteiger partial charge is 0.368 e. The molecule has 0 aromatic rings. The van der Waals surface area contributed by atoms with Crippen LogP contribution in [-0.4, -0.2) is 29.0 Å². The quantitative estimate of drug-likeness (QED) is 0.669. The van der Waals surface area contributed by atoms with Crippen molar-refractivity contribution in [2.24, 2.45) is 11.7 Å². The van der Waals surface area contributed by atoms with Crippen molar-refractivity contribution in [3.05, 3.63) is 0 Å². The molecule has 0 saturated heterocycles. The maximum atomic E-state index is 11.6. The lowest BCUT2D eigenvalue weighted by Crippen LogP contribution is -2.54. The van der Waals surface area contributed by atoms with Crippen LogP contribution in [0.3, 0.4) is 0 Å². The van der Waals surface area contributed by atoms with E-state index in [2.05, 4.69) is 33.0 Å². The maximum Gasteiger partial charge on any atom is 0.237 e. The Kier molecular flexibility index (Phi) is 7.88. The summed E-state index contributed by atoms with van der Waals surface area (Å²) < 4.78 is 0. The molecule has 0 rings (SSSR count). The Bertz CT molecular complexity index is 233. The number of thioether (sulfide) groups is 1. The van der Waals surface area contributed by atoms with Crippen molar-refractivity contribution in [3.63, 3.8) is 0 Å². The van der Waals surface area contributed by atoms with Crippen LogP contribution in [0.15, 0.2) is 0 Å². The molecule has 17 heavy (non-hydrogen) atoms. The molecule has 0 aliphatic heterocycles. The van der Waals surface area contributed by atoms with Gasteiger partial charge in [0.1, 0.15) is 0 Å². The summed E-state index contributed by atoms with van der Waals surface area (Å²) in [6.45, 7) is 11.4. The molecule has 0 aliphatic carbocycles. The summed E-state index contributed by atoms with van der Waals surface area (Å²) in [4.78, 5) is 11.6. The molecular weight excluding hydrogens is 232 g/mol. The number of carbonyl (C=O) groups is 1. The van der Waals surface area contributed by atoms with Gasteiger partial charge >= 0.3 is 0 Å². The molecule has 3 nitrogen and oxygen atoms in total. The highest BCUT2D eigenvalue weighted by Gasteiger charge is 2.32. The minimum Gasteiger partial charge on any atom is -0.368 e. The highest BCUT2D eigenvalue weighted by molar-refractivity contribution is 7.99. The van der Waals surface area contributed by atoms with Crippen molar-refractivity contribution in [3.8, 4) is 0 Å². The topological polar surface area (TPSA) is 55.1 Å². The van der Waals surface area contributed by atoms with Crippen LogP contribution in [-0.2, 0) is 4.79 Å². The molecule has 3 N–H and O–H groups in total. The lowest BCUT2D eigenvalue weighted by atomic mass is 9.95. The highest BCUT2D eigenvalue weighted by atomic mass is 32.2. The lowest BCUT2D eigenvalue weighted by molar-refractivity contribution is -0.124. The van der Waals surface area contributed by atoms with Gasteiger partial charge in [-0.15, -0.1) is 0 Å². The van der Waals surface area contributed by atoms with Gasteiger partial charge < -0.3 is 11.1 Å². The van der Waals surface area contributed by atoms with E-state index in [4.69, 9.17) is 5.73 Å². The Hall–Kier alpha value is -0.220. The summed E-state index contributed by atoms with van der Waals surface area (Å²) in [5.74, 6) is 1.57. The van der Waals surface area contributed by atoms with Crippen LogP contribution in [0.4, 0.5) is 0 Å². The van der Waals surface area contributed by atoms with Gasteiger partial charge in [0.2, 0.25) is 5.91 Å². The van der Waals surface area contributed by atoms with Crippen LogP contribution in [0.1, 0.15) is 47.5 Å². The van der Waals surface area contributed by atoms with E-state index in [0.29, 0.717) is 11.2 Å². The molecule has 0 aliphatic rings. The molecular formula is C13H28N2OS. The van der Waals surface area contributed by atoms with Crippen LogP contribution in [0.2, 0.25) is 0 Å². The SMILES string of the molecule is CCCNC(C)(CC(C)SCC(C)C)C(N)=O. The first-order chi connectivity index (χ1) is 7.81. The summed E-state index contributed by atoms with van der Waals surface area (Å²) >= 11 is 1.91. The second-order valence-electron chi connectivity index (χ2n) is 5.37. The van der Waals surface area contributed by atoms with E-state index in [-0.39, 0.29) is 5.91 Å². The predicted molar refractivity (Wildman–Crippen MR) is 77.3 cm³/mol. The number of carbonyl (C=O) groups excluding carboxylic acids is 1. The number of rotatable bonds is 9. The molecule has 1 amide bonds. The average Bonchev–Trinajstić information content (AvgIpc) is 2.23. The number of hydrogen-bond donors (Lipinski definition) is 2. The van der Waals surface area contributed by atoms with Gasteiger partial charge in [0.05, 0.1) is 5.54 Å². The summed E-state index contributed by atoms with van der Waals surface area (Å²) in [5.41, 5.74) is 4.94. The average molecular weight is 260 g/mol. The molecule has 0 spiro atoms. The van der Waals surface area contributed by atoms with Crippen molar-refractivity contribution >= 4 is 17.7 Å². The Morgan fingerprint density at radius 2 is 2.00 bits per heavy atom. The van der Waals surface area contributed by atoms with E-state index in [1.807, 2.05) is 18.7 Å². The fourth-order valence-corrected chi connectivity index (χ4v) is 2.82. The molecule has 0 bridgehead atoms. The summed E-state index contributed by atoms with van der Waals surface area (Å²) in [5, 5.41) is 3.72. The number of hydrogen-bond acceptors (Lipinski definition) is 3. The van der Waals surface area contributed by atoms with Crippen LogP contribution < -0.4 is 11.1 Å². The van der Waals surface area contributed by atoms with Crippen LogP contribution >= 0.6 is 11.8 Å². The molecule has 0 radical (unpaired) electrons. The number of amides is 1. The van der Waals surface area contributed by atoms with Crippen LogP contribution in [0.25, 0.3) is 0 Å². The lowest BCUT2D eigenvalue weighted by Gasteiger charge is -2.30. The first-order valence-electron chi connectivity index (χ1n) is 6.48. The molecule has 0 saturated carbocycles. The van der Waals surface area contributed by atoms with Crippen molar-refractivity contribution < 1.29 is 4.79 Å². The number of nitrogens with two attached hydrogens (primary N) is 1. The van der Waals surface area contributed by atoms with Crippen molar-refractivity contribution in [1.82, 2.24) is 5.32 Å². The van der Waals surface area contributed by atoms with Gasteiger partial charge in [0, 0.05) is 5.25 Å². The Labute approximate surface area is 110 Å². The van der Waals surface area contributed by atoms with Gasteiger partial charge in [0.25, 0.3) is 0 Å². The minimum absolute atomic E-state index is 0.247. The first kappa shape index (κ1) is 16.8. The summed E-state index contributed by atoms with van der Waals surface area (Å²) in [7, 11) is 0. The van der Waals surface area contributed by atoms with Gasteiger partial charge in [-0.3, -0.25) is 4.79 Å². The zero-order valence-corrected chi connectivity index (χ0v) is 12.7. The van der Waals surface area contributed by atoms with Crippen molar-refractivity contribution in [2.75, 3.05) is 12.3 Å². The fourth-order valence-electron chi connectivity index (χ4n) is 1.65.